The first-order valence-corrected chi connectivity index (χ1v) is 10.1. The van der Waals surface area contributed by atoms with Gasteiger partial charge in [-0.1, -0.05) is 11.6 Å². The van der Waals surface area contributed by atoms with Crippen molar-refractivity contribution in [2.75, 3.05) is 19.0 Å². The van der Waals surface area contributed by atoms with E-state index in [1.54, 1.807) is 12.1 Å². The highest BCUT2D eigenvalue weighted by molar-refractivity contribution is 7.89. The first-order chi connectivity index (χ1) is 12.8. The molecule has 0 saturated carbocycles. The zero-order valence-corrected chi connectivity index (χ0v) is 16.1. The number of anilines is 1. The topological polar surface area (TPSA) is 75.7 Å². The number of hydrogen-bond acceptors (Lipinski definition) is 4. The van der Waals surface area contributed by atoms with Crippen molar-refractivity contribution in [1.82, 2.24) is 4.31 Å². The maximum absolute atomic E-state index is 13.3. The maximum Gasteiger partial charge on any atom is 0.243 e. The summed E-state index contributed by atoms with van der Waals surface area (Å²) >= 11 is 5.72. The molecule has 9 heteroatoms. The Balaban J connectivity index is 1.80. The summed E-state index contributed by atoms with van der Waals surface area (Å²) in [6.45, 7) is 0.247. The van der Waals surface area contributed by atoms with Gasteiger partial charge in [0.15, 0.2) is 0 Å². The van der Waals surface area contributed by atoms with Crippen LogP contribution in [-0.2, 0) is 14.8 Å². The summed E-state index contributed by atoms with van der Waals surface area (Å²) in [5.74, 6) is -0.538. The molecule has 0 spiro atoms. The zero-order chi connectivity index (χ0) is 19.6. The van der Waals surface area contributed by atoms with Crippen molar-refractivity contribution in [1.29, 1.82) is 0 Å². The molecule has 0 radical (unpaired) electrons. The van der Waals surface area contributed by atoms with Crippen LogP contribution in [0.3, 0.4) is 0 Å². The number of carbonyl (C=O) groups is 1. The first kappa shape index (κ1) is 19.6. The minimum atomic E-state index is -3.83. The van der Waals surface area contributed by atoms with E-state index >= 15 is 0 Å². The fourth-order valence-corrected chi connectivity index (χ4v) is 4.81. The molecule has 1 amide bonds. The van der Waals surface area contributed by atoms with E-state index in [9.17, 15) is 17.6 Å². The van der Waals surface area contributed by atoms with E-state index in [1.165, 1.54) is 35.7 Å². The number of carbonyl (C=O) groups excluding carboxylic acids is 1. The van der Waals surface area contributed by atoms with Crippen LogP contribution in [0.2, 0.25) is 5.02 Å². The van der Waals surface area contributed by atoms with Crippen molar-refractivity contribution in [3.63, 3.8) is 0 Å². The standard InChI is InChI=1S/C18H18ClFN2O4S/c1-26-13-5-7-14(8-6-13)27(24,25)22-10-2-3-17(22)18(23)21-12-4-9-16(20)15(19)11-12/h4-9,11,17H,2-3,10H2,1H3,(H,21,23)/t17-/m0/s1. The molecule has 0 unspecified atom stereocenters. The number of halogens is 2. The summed E-state index contributed by atoms with van der Waals surface area (Å²) in [6, 6.07) is 8.95. The van der Waals surface area contributed by atoms with Gasteiger partial charge in [-0.2, -0.15) is 4.31 Å². The molecule has 1 heterocycles. The van der Waals surface area contributed by atoms with E-state index in [0.717, 1.165) is 6.07 Å². The van der Waals surface area contributed by atoms with Crippen molar-refractivity contribution in [2.45, 2.75) is 23.8 Å². The zero-order valence-electron chi connectivity index (χ0n) is 14.5. The van der Waals surface area contributed by atoms with Gasteiger partial charge in [-0.25, -0.2) is 12.8 Å². The summed E-state index contributed by atoms with van der Waals surface area (Å²) in [6.07, 6.45) is 0.966. The predicted octanol–water partition coefficient (Wildman–Crippen LogP) is 3.28. The Morgan fingerprint density at radius 3 is 2.59 bits per heavy atom. The van der Waals surface area contributed by atoms with Crippen molar-refractivity contribution < 1.29 is 22.3 Å². The molecule has 1 atom stereocenters. The lowest BCUT2D eigenvalue weighted by molar-refractivity contribution is -0.119. The van der Waals surface area contributed by atoms with Gasteiger partial charge in [-0.3, -0.25) is 4.79 Å². The molecule has 144 valence electrons. The van der Waals surface area contributed by atoms with Crippen LogP contribution >= 0.6 is 11.6 Å². The Labute approximate surface area is 161 Å². The van der Waals surface area contributed by atoms with Gasteiger partial charge in [0, 0.05) is 12.2 Å². The van der Waals surface area contributed by atoms with Gasteiger partial charge in [-0.15, -0.1) is 0 Å². The van der Waals surface area contributed by atoms with E-state index < -0.39 is 27.8 Å². The average molecular weight is 413 g/mol. The molecule has 2 aromatic rings. The smallest absolute Gasteiger partial charge is 0.243 e. The summed E-state index contributed by atoms with van der Waals surface area (Å²) in [5.41, 5.74) is 0.306. The highest BCUT2D eigenvalue weighted by atomic mass is 35.5. The first-order valence-electron chi connectivity index (χ1n) is 8.25. The molecule has 0 aliphatic carbocycles. The van der Waals surface area contributed by atoms with Gasteiger partial charge in [0.05, 0.1) is 17.0 Å². The van der Waals surface area contributed by atoms with Crippen molar-refractivity contribution in [3.05, 3.63) is 53.3 Å². The molecule has 0 bridgehead atoms. The molecule has 1 aliphatic rings. The Morgan fingerprint density at radius 1 is 1.26 bits per heavy atom. The van der Waals surface area contributed by atoms with Crippen molar-refractivity contribution in [2.24, 2.45) is 0 Å². The maximum atomic E-state index is 13.3. The summed E-state index contributed by atoms with van der Waals surface area (Å²) in [4.78, 5) is 12.7. The van der Waals surface area contributed by atoms with Crippen LogP contribution in [0.25, 0.3) is 0 Å². The Morgan fingerprint density at radius 2 is 1.96 bits per heavy atom. The van der Waals surface area contributed by atoms with Gasteiger partial charge < -0.3 is 10.1 Å². The van der Waals surface area contributed by atoms with Crippen LogP contribution in [-0.4, -0.2) is 38.3 Å². The summed E-state index contributed by atoms with van der Waals surface area (Å²) in [5, 5.41) is 2.48. The number of nitrogens with one attached hydrogen (secondary N) is 1. The average Bonchev–Trinajstić information content (AvgIpc) is 3.16. The number of nitrogens with zero attached hydrogens (tertiary/aromatic N) is 1. The minimum absolute atomic E-state index is 0.0906. The molecule has 2 aromatic carbocycles. The van der Waals surface area contributed by atoms with Crippen molar-refractivity contribution in [3.8, 4) is 5.75 Å². The fourth-order valence-electron chi connectivity index (χ4n) is 2.97. The number of benzene rings is 2. The van der Waals surface area contributed by atoms with Gasteiger partial charge in [0.2, 0.25) is 15.9 Å². The molecule has 1 aliphatic heterocycles. The summed E-state index contributed by atoms with van der Waals surface area (Å²) in [7, 11) is -2.34. The second kappa shape index (κ2) is 7.84. The Kier molecular flexibility index (Phi) is 5.69. The number of hydrogen-bond donors (Lipinski definition) is 1. The Hall–Kier alpha value is -2.16. The highest BCUT2D eigenvalue weighted by Crippen LogP contribution is 2.28. The van der Waals surface area contributed by atoms with Gasteiger partial charge in [0.1, 0.15) is 17.6 Å². The lowest BCUT2D eigenvalue weighted by Crippen LogP contribution is -2.43. The molecular weight excluding hydrogens is 395 g/mol. The van der Waals surface area contributed by atoms with Crippen molar-refractivity contribution >= 4 is 33.2 Å². The molecule has 6 nitrogen and oxygen atoms in total. The molecule has 1 saturated heterocycles. The largest absolute Gasteiger partial charge is 0.497 e. The third kappa shape index (κ3) is 4.07. The van der Waals surface area contributed by atoms with Crippen LogP contribution in [0.4, 0.5) is 10.1 Å². The predicted molar refractivity (Wildman–Crippen MR) is 99.9 cm³/mol. The molecule has 0 aromatic heterocycles. The lowest BCUT2D eigenvalue weighted by atomic mass is 10.2. The second-order valence-electron chi connectivity index (χ2n) is 6.07. The van der Waals surface area contributed by atoms with Gasteiger partial charge in [-0.05, 0) is 55.3 Å². The van der Waals surface area contributed by atoms with E-state index in [4.69, 9.17) is 16.3 Å². The monoisotopic (exact) mass is 412 g/mol. The Bertz CT molecular complexity index is 950. The normalized spacial score (nSPS) is 17.7. The van der Waals surface area contributed by atoms with E-state index in [1.807, 2.05) is 0 Å². The molecule has 27 heavy (non-hydrogen) atoms. The molecular formula is C18H18ClFN2O4S. The third-order valence-corrected chi connectivity index (χ3v) is 6.57. The summed E-state index contributed by atoms with van der Waals surface area (Å²) < 4.78 is 45.4. The van der Waals surface area contributed by atoms with Crippen LogP contribution in [0.15, 0.2) is 47.4 Å². The second-order valence-corrected chi connectivity index (χ2v) is 8.37. The molecule has 1 fully saturated rings. The SMILES string of the molecule is COc1ccc(S(=O)(=O)N2CCC[C@H]2C(=O)Nc2ccc(F)c(Cl)c2)cc1. The van der Waals surface area contributed by atoms with E-state index in [-0.39, 0.29) is 16.5 Å². The van der Waals surface area contributed by atoms with Crippen LogP contribution in [0.5, 0.6) is 5.75 Å². The van der Waals surface area contributed by atoms with Crippen LogP contribution in [0, 0.1) is 5.82 Å². The van der Waals surface area contributed by atoms with Crippen LogP contribution in [0.1, 0.15) is 12.8 Å². The highest BCUT2D eigenvalue weighted by Gasteiger charge is 2.39. The van der Waals surface area contributed by atoms with Gasteiger partial charge >= 0.3 is 0 Å². The number of amides is 1. The number of sulfonamides is 1. The number of methoxy groups -OCH3 is 1. The quantitative estimate of drug-likeness (QED) is 0.817. The van der Waals surface area contributed by atoms with E-state index in [2.05, 4.69) is 5.32 Å². The number of rotatable bonds is 5. The van der Waals surface area contributed by atoms with Crippen LogP contribution < -0.4 is 10.1 Å². The molecule has 3 rings (SSSR count). The number of ether oxygens (including phenoxy) is 1. The molecule has 1 N–H and O–H groups in total. The van der Waals surface area contributed by atoms with E-state index in [0.29, 0.717) is 24.3 Å². The minimum Gasteiger partial charge on any atom is -0.497 e. The lowest BCUT2D eigenvalue weighted by Gasteiger charge is -2.23. The fraction of sp³-hybridized carbons (Fsp3) is 0.278. The van der Waals surface area contributed by atoms with Gasteiger partial charge in [0.25, 0.3) is 0 Å². The third-order valence-electron chi connectivity index (χ3n) is 4.36.